The number of aliphatic hydroxyl groups is 1. The van der Waals surface area contributed by atoms with Gasteiger partial charge in [-0.2, -0.15) is 5.10 Å². The van der Waals surface area contributed by atoms with E-state index in [-0.39, 0.29) is 23.3 Å². The van der Waals surface area contributed by atoms with Crippen molar-refractivity contribution in [3.63, 3.8) is 0 Å². The number of aromatic nitrogens is 2. The first kappa shape index (κ1) is 31.1. The van der Waals surface area contributed by atoms with Gasteiger partial charge < -0.3 is 18.4 Å². The van der Waals surface area contributed by atoms with E-state index in [0.717, 1.165) is 61.3 Å². The molecule has 4 rings (SSSR count). The van der Waals surface area contributed by atoms with E-state index in [0.29, 0.717) is 11.6 Å². The van der Waals surface area contributed by atoms with E-state index in [1.165, 1.54) is 5.56 Å². The number of hydrogen-bond acceptors (Lipinski definition) is 6. The highest BCUT2D eigenvalue weighted by Gasteiger charge is 2.23. The number of carbonyl (C=O) groups is 1. The molecular weight excluding hydrogens is 534 g/mol. The molecule has 0 atom stereocenters. The van der Waals surface area contributed by atoms with E-state index in [1.807, 2.05) is 30.3 Å². The lowest BCUT2D eigenvalue weighted by Gasteiger charge is -2.24. The Hall–Kier alpha value is -2.81. The Kier molecular flexibility index (Phi) is 10.2. The molecule has 1 aliphatic rings. The second-order valence-electron chi connectivity index (χ2n) is 12.2. The second kappa shape index (κ2) is 13.4. The van der Waals surface area contributed by atoms with Gasteiger partial charge in [-0.25, -0.2) is 4.68 Å². The summed E-state index contributed by atoms with van der Waals surface area (Å²) in [4.78, 5) is 13.3. The van der Waals surface area contributed by atoms with Crippen LogP contribution in [-0.4, -0.2) is 34.0 Å². The minimum Gasteiger partial charge on any atom is -0.438 e. The van der Waals surface area contributed by atoms with E-state index >= 15 is 0 Å². The summed E-state index contributed by atoms with van der Waals surface area (Å²) in [5.41, 5.74) is 4.57. The highest BCUT2D eigenvalue weighted by atomic mass is 32.2. The van der Waals surface area contributed by atoms with Gasteiger partial charge in [0.1, 0.15) is 5.60 Å². The summed E-state index contributed by atoms with van der Waals surface area (Å²) in [5, 5.41) is 15.3. The molecule has 3 aromatic rings. The van der Waals surface area contributed by atoms with Crippen molar-refractivity contribution >= 4 is 16.5 Å². The standard InChI is InChI=1S/C33H44N3O4S/c1-22(2)27-18-25(13-12-24-14-16-40-17-15-24)19-28(23(3)4)29(27)20-31(37)35-41(39)32-21-30(33(5,6)38)36(34-32)26-10-8-7-9-11-26/h7-11,18-19,21-24,38H,12-17,20H2,1-6H3/q-1. The third-order valence-electron chi connectivity index (χ3n) is 7.81. The first-order valence-electron chi connectivity index (χ1n) is 14.7. The van der Waals surface area contributed by atoms with E-state index in [4.69, 9.17) is 4.74 Å². The van der Waals surface area contributed by atoms with Gasteiger partial charge in [0.2, 0.25) is 5.91 Å². The lowest BCUT2D eigenvalue weighted by molar-refractivity contribution is -0.117. The van der Waals surface area contributed by atoms with Crippen LogP contribution >= 0.6 is 0 Å². The zero-order chi connectivity index (χ0) is 29.7. The number of ether oxygens (including phenoxy) is 1. The fourth-order valence-corrected chi connectivity index (χ4v) is 6.24. The average Bonchev–Trinajstić information content (AvgIpc) is 3.40. The van der Waals surface area contributed by atoms with Crippen molar-refractivity contribution in [1.29, 1.82) is 0 Å². The number of hydrogen-bond donors (Lipinski definition) is 1. The summed E-state index contributed by atoms with van der Waals surface area (Å²) in [6.07, 6.45) is 4.50. The molecule has 8 heteroatoms. The van der Waals surface area contributed by atoms with Gasteiger partial charge in [-0.15, -0.1) is 10.6 Å². The van der Waals surface area contributed by atoms with Crippen molar-refractivity contribution in [1.82, 2.24) is 9.78 Å². The number of aryl methyl sites for hydroxylation is 1. The molecule has 7 nitrogen and oxygen atoms in total. The van der Waals surface area contributed by atoms with Gasteiger partial charge in [-0.1, -0.05) is 58.0 Å². The Bertz CT molecular complexity index is 1400. The highest BCUT2D eigenvalue weighted by molar-refractivity contribution is 7.75. The summed E-state index contributed by atoms with van der Waals surface area (Å²) < 4.78 is 24.4. The lowest BCUT2D eigenvalue weighted by Crippen LogP contribution is -2.20. The van der Waals surface area contributed by atoms with Crippen LogP contribution in [0.15, 0.2) is 57.9 Å². The molecule has 2 heterocycles. The smallest absolute Gasteiger partial charge is 0.227 e. The summed E-state index contributed by atoms with van der Waals surface area (Å²) in [5.74, 6) is 0.728. The fourth-order valence-electron chi connectivity index (χ4n) is 5.54. The van der Waals surface area contributed by atoms with Crippen molar-refractivity contribution in [2.45, 2.75) is 96.1 Å². The van der Waals surface area contributed by atoms with Crippen molar-refractivity contribution in [2.24, 2.45) is 10.3 Å². The predicted octanol–water partition coefficient (Wildman–Crippen LogP) is 6.98. The highest BCUT2D eigenvalue weighted by Crippen LogP contribution is 2.32. The molecule has 0 bridgehead atoms. The van der Waals surface area contributed by atoms with Crippen LogP contribution in [0.1, 0.15) is 101 Å². The zero-order valence-electron chi connectivity index (χ0n) is 25.2. The van der Waals surface area contributed by atoms with Gasteiger partial charge >= 0.3 is 0 Å². The van der Waals surface area contributed by atoms with Crippen LogP contribution in [0.5, 0.6) is 0 Å². The molecular formula is C33H44N3O4S-. The molecule has 222 valence electrons. The minimum atomic E-state index is -2.01. The van der Waals surface area contributed by atoms with Crippen molar-refractivity contribution in [3.8, 4) is 5.69 Å². The van der Waals surface area contributed by atoms with Gasteiger partial charge in [0.25, 0.3) is 0 Å². The fraction of sp³-hybridized carbons (Fsp3) is 0.515. The van der Waals surface area contributed by atoms with Crippen LogP contribution in [0, 0.1) is 5.92 Å². The van der Waals surface area contributed by atoms with Gasteiger partial charge in [0.05, 0.1) is 17.8 Å². The molecule has 0 aliphatic carbocycles. The van der Waals surface area contributed by atoms with Crippen molar-refractivity contribution in [2.75, 3.05) is 13.2 Å². The third kappa shape index (κ3) is 7.93. The quantitative estimate of drug-likeness (QED) is 0.262. The largest absolute Gasteiger partial charge is 0.438 e. The van der Waals surface area contributed by atoms with E-state index in [2.05, 4.69) is 49.3 Å². The van der Waals surface area contributed by atoms with Crippen molar-refractivity contribution in [3.05, 3.63) is 76.5 Å². The maximum Gasteiger partial charge on any atom is 0.227 e. The molecule has 0 saturated carbocycles. The van der Waals surface area contributed by atoms with Gasteiger partial charge in [0, 0.05) is 18.2 Å². The molecule has 41 heavy (non-hydrogen) atoms. The number of benzene rings is 2. The molecule has 1 N–H and O–H groups in total. The van der Waals surface area contributed by atoms with Crippen LogP contribution in [0.2, 0.25) is 0 Å². The minimum absolute atomic E-state index is 0.0881. The van der Waals surface area contributed by atoms with E-state index in [9.17, 15) is 14.1 Å². The van der Waals surface area contributed by atoms with E-state index in [1.54, 1.807) is 24.6 Å². The molecule has 1 fully saturated rings. The average molecular weight is 579 g/mol. The van der Waals surface area contributed by atoms with E-state index < -0.39 is 22.1 Å². The lowest BCUT2D eigenvalue weighted by atomic mass is 9.83. The topological polar surface area (TPSA) is 93.8 Å². The Labute approximate surface area is 246 Å². The zero-order valence-corrected chi connectivity index (χ0v) is 26.0. The maximum atomic E-state index is 13.3. The predicted molar refractivity (Wildman–Crippen MR) is 163 cm³/mol. The number of carbonyl (C=O) groups excluding carboxylic acids is 1. The van der Waals surface area contributed by atoms with Gasteiger partial charge in [-0.3, -0.25) is 4.79 Å². The van der Waals surface area contributed by atoms with Gasteiger partial charge in [-0.05, 0) is 97.7 Å². The van der Waals surface area contributed by atoms with Crippen LogP contribution in [0.4, 0.5) is 0 Å². The third-order valence-corrected chi connectivity index (χ3v) is 8.74. The molecule has 1 aromatic heterocycles. The summed E-state index contributed by atoms with van der Waals surface area (Å²) in [6.45, 7) is 13.6. The molecule has 0 unspecified atom stereocenters. The molecule has 2 aromatic carbocycles. The van der Waals surface area contributed by atoms with Crippen LogP contribution in [-0.2, 0) is 42.8 Å². The Morgan fingerprint density at radius 1 is 1.07 bits per heavy atom. The first-order valence-corrected chi connectivity index (χ1v) is 15.8. The number of rotatable bonds is 10. The normalized spacial score (nSPS) is 15.6. The number of nitrogens with zero attached hydrogens (tertiary/aromatic N) is 3. The summed E-state index contributed by atoms with van der Waals surface area (Å²) >= 11 is 0. The molecule has 1 aliphatic heterocycles. The number of para-hydroxylation sites is 1. The first-order chi connectivity index (χ1) is 19.4. The summed E-state index contributed by atoms with van der Waals surface area (Å²) in [6, 6.07) is 15.4. The van der Waals surface area contributed by atoms with Crippen LogP contribution in [0.3, 0.4) is 0 Å². The summed E-state index contributed by atoms with van der Waals surface area (Å²) in [7, 11) is -2.01. The van der Waals surface area contributed by atoms with Crippen molar-refractivity contribution < 1.29 is 18.8 Å². The SMILES string of the molecule is CC(C)c1cc(CCC2CCOCC2)cc(C(C)C)c1CC(=O)N=[S-](=O)c1cc(C(C)(C)O)n(-c2ccccc2)n1. The molecule has 1 saturated heterocycles. The van der Waals surface area contributed by atoms with Gasteiger partial charge in [0.15, 0.2) is 0 Å². The molecule has 1 amide bonds. The monoisotopic (exact) mass is 578 g/mol. The second-order valence-corrected chi connectivity index (χ2v) is 13.3. The van der Waals surface area contributed by atoms with Crippen LogP contribution < -0.4 is 0 Å². The Morgan fingerprint density at radius 2 is 1.68 bits per heavy atom. The molecule has 0 spiro atoms. The number of amides is 1. The Balaban J connectivity index is 1.61. The van der Waals surface area contributed by atoms with Crippen LogP contribution in [0.25, 0.3) is 5.69 Å². The Morgan fingerprint density at radius 3 is 2.24 bits per heavy atom. The molecule has 0 radical (unpaired) electrons. The maximum absolute atomic E-state index is 13.3.